The van der Waals surface area contributed by atoms with Crippen molar-refractivity contribution in [3.8, 4) is 11.5 Å². The molecule has 9 heteroatoms. The van der Waals surface area contributed by atoms with Gasteiger partial charge in [0.15, 0.2) is 0 Å². The van der Waals surface area contributed by atoms with E-state index < -0.39 is 10.1 Å². The van der Waals surface area contributed by atoms with Crippen LogP contribution < -0.4 is 14.4 Å². The minimum absolute atomic E-state index is 0.0177. The molecule has 4 rings (SSSR count). The number of aromatic nitrogens is 1. The van der Waals surface area contributed by atoms with Crippen LogP contribution in [-0.2, 0) is 25.6 Å². The first-order valence-corrected chi connectivity index (χ1v) is 15.0. The summed E-state index contributed by atoms with van der Waals surface area (Å²) in [6.45, 7) is 7.78. The molecule has 0 aliphatic heterocycles. The average Bonchev–Trinajstić information content (AvgIpc) is 2.97. The zero-order valence-electron chi connectivity index (χ0n) is 24.7. The number of methoxy groups -OCH3 is 1. The van der Waals surface area contributed by atoms with Gasteiger partial charge in [-0.05, 0) is 63.2 Å². The maximum absolute atomic E-state index is 12.4. The smallest absolute Gasteiger partial charge is 0.296 e. The molecule has 4 aromatic rings. The van der Waals surface area contributed by atoms with Crippen molar-refractivity contribution < 1.29 is 26.9 Å². The van der Waals surface area contributed by atoms with E-state index in [2.05, 4.69) is 24.0 Å². The lowest BCUT2D eigenvalue weighted by Crippen LogP contribution is -2.29. The number of carbonyl (C=O) groups is 1. The molecule has 0 N–H and O–H groups in total. The van der Waals surface area contributed by atoms with E-state index in [1.54, 1.807) is 48.5 Å². The molecule has 0 fully saturated rings. The molecular formula is C33H38N2O6S. The molecule has 0 unspecified atom stereocenters. The third-order valence-corrected chi connectivity index (χ3v) is 7.61. The van der Waals surface area contributed by atoms with Crippen molar-refractivity contribution in [1.82, 2.24) is 4.98 Å². The normalized spacial score (nSPS) is 10.8. The number of aryl methyl sites for hydroxylation is 3. The predicted octanol–water partition coefficient (Wildman–Crippen LogP) is 6.43. The zero-order valence-corrected chi connectivity index (χ0v) is 25.6. The molecule has 0 aliphatic rings. The molecule has 8 nitrogen and oxygen atoms in total. The van der Waals surface area contributed by atoms with Crippen LogP contribution in [-0.4, -0.2) is 39.6 Å². The topological polar surface area (TPSA) is 95.0 Å². The van der Waals surface area contributed by atoms with Crippen molar-refractivity contribution in [2.24, 2.45) is 0 Å². The largest absolute Gasteiger partial charge is 0.497 e. The van der Waals surface area contributed by atoms with Crippen LogP contribution in [0.3, 0.4) is 0 Å². The van der Waals surface area contributed by atoms with Crippen LogP contribution in [0.2, 0.25) is 0 Å². The number of pyridine rings is 1. The predicted molar refractivity (Wildman–Crippen MR) is 164 cm³/mol. The lowest BCUT2D eigenvalue weighted by Gasteiger charge is -2.24. The van der Waals surface area contributed by atoms with E-state index in [1.807, 2.05) is 44.2 Å². The SMILES string of the molecule is COc1ccc(OCCCOS(=O)(=O)c2ccc(C)cc2)c(CN(C(C)=O)c2cccnc2C)c1.Cc1ccccc1. The highest BCUT2D eigenvalue weighted by atomic mass is 32.2. The highest BCUT2D eigenvalue weighted by Gasteiger charge is 2.18. The molecule has 0 saturated heterocycles. The summed E-state index contributed by atoms with van der Waals surface area (Å²) in [7, 11) is -2.25. The van der Waals surface area contributed by atoms with Crippen molar-refractivity contribution in [3.63, 3.8) is 0 Å². The summed E-state index contributed by atoms with van der Waals surface area (Å²) in [5.74, 6) is 1.07. The summed E-state index contributed by atoms with van der Waals surface area (Å²) in [5.41, 5.74) is 4.48. The molecule has 0 atom stereocenters. The fourth-order valence-corrected chi connectivity index (χ4v) is 4.90. The van der Waals surface area contributed by atoms with Crippen LogP contribution in [0, 0.1) is 20.8 Å². The number of hydrogen-bond donors (Lipinski definition) is 0. The van der Waals surface area contributed by atoms with Crippen molar-refractivity contribution in [3.05, 3.63) is 114 Å². The van der Waals surface area contributed by atoms with Gasteiger partial charge in [0.05, 0.1) is 43.1 Å². The second-order valence-corrected chi connectivity index (χ2v) is 11.2. The van der Waals surface area contributed by atoms with Gasteiger partial charge < -0.3 is 14.4 Å². The zero-order chi connectivity index (χ0) is 30.5. The third kappa shape index (κ3) is 9.71. The summed E-state index contributed by atoms with van der Waals surface area (Å²) >= 11 is 0. The first kappa shape index (κ1) is 32.3. The maximum atomic E-state index is 12.4. The Balaban J connectivity index is 0.000000603. The molecule has 0 radical (unpaired) electrons. The van der Waals surface area contributed by atoms with Crippen molar-refractivity contribution in [2.45, 2.75) is 45.6 Å². The molecule has 1 aromatic heterocycles. The number of rotatable bonds is 11. The molecule has 222 valence electrons. The number of benzene rings is 3. The van der Waals surface area contributed by atoms with E-state index in [0.29, 0.717) is 23.6 Å². The summed E-state index contributed by atoms with van der Waals surface area (Å²) in [6, 6.07) is 25.7. The summed E-state index contributed by atoms with van der Waals surface area (Å²) in [6.07, 6.45) is 2.03. The van der Waals surface area contributed by atoms with E-state index in [0.717, 1.165) is 16.8 Å². The molecule has 0 saturated carbocycles. The van der Waals surface area contributed by atoms with E-state index in [1.165, 1.54) is 24.6 Å². The van der Waals surface area contributed by atoms with Gasteiger partial charge in [0.25, 0.3) is 10.1 Å². The molecule has 1 amide bonds. The second kappa shape index (κ2) is 15.7. The van der Waals surface area contributed by atoms with Gasteiger partial charge >= 0.3 is 0 Å². The molecule has 0 bridgehead atoms. The molecule has 3 aromatic carbocycles. The Morgan fingerprint density at radius 1 is 0.857 bits per heavy atom. The van der Waals surface area contributed by atoms with Crippen molar-refractivity contribution in [2.75, 3.05) is 25.2 Å². The molecule has 0 spiro atoms. The summed E-state index contributed by atoms with van der Waals surface area (Å²) < 4.78 is 41.1. The van der Waals surface area contributed by atoms with E-state index in [9.17, 15) is 13.2 Å². The van der Waals surface area contributed by atoms with E-state index in [-0.39, 0.29) is 30.6 Å². The Kier molecular flexibility index (Phi) is 12.1. The van der Waals surface area contributed by atoms with Gasteiger partial charge in [0.1, 0.15) is 11.5 Å². The Bertz CT molecular complexity index is 1540. The van der Waals surface area contributed by atoms with E-state index in [4.69, 9.17) is 13.7 Å². The summed E-state index contributed by atoms with van der Waals surface area (Å²) in [5, 5.41) is 0. The molecule has 42 heavy (non-hydrogen) atoms. The van der Waals surface area contributed by atoms with Gasteiger partial charge in [-0.3, -0.25) is 14.0 Å². The third-order valence-electron chi connectivity index (χ3n) is 6.28. The number of nitrogens with zero attached hydrogens (tertiary/aromatic N) is 2. The lowest BCUT2D eigenvalue weighted by atomic mass is 10.1. The summed E-state index contributed by atoms with van der Waals surface area (Å²) in [4.78, 5) is 18.5. The highest BCUT2D eigenvalue weighted by Crippen LogP contribution is 2.29. The van der Waals surface area contributed by atoms with Crippen LogP contribution in [0.1, 0.15) is 35.7 Å². The standard InChI is InChI=1S/C26H30N2O6S.C7H8/c1-19-8-11-24(12-9-19)35(30,31)34-16-6-15-33-26-13-10-23(32-4)17-22(26)18-28(21(3)29)25-7-5-14-27-20(25)2;1-7-5-3-2-4-6-7/h5,7-14,17H,6,15-16,18H2,1-4H3;2-6H,1H3. The first-order chi connectivity index (χ1) is 20.1. The van der Waals surface area contributed by atoms with Crippen LogP contribution in [0.15, 0.2) is 96.0 Å². The fourth-order valence-electron chi connectivity index (χ4n) is 3.96. The Morgan fingerprint density at radius 3 is 2.14 bits per heavy atom. The molecular weight excluding hydrogens is 552 g/mol. The Morgan fingerprint density at radius 2 is 1.55 bits per heavy atom. The van der Waals surface area contributed by atoms with Gasteiger partial charge in [-0.1, -0.05) is 53.6 Å². The second-order valence-electron chi connectivity index (χ2n) is 9.63. The number of ether oxygens (including phenoxy) is 2. The van der Waals surface area contributed by atoms with Gasteiger partial charge in [0, 0.05) is 25.1 Å². The monoisotopic (exact) mass is 590 g/mol. The molecule has 0 aliphatic carbocycles. The number of hydrogen-bond acceptors (Lipinski definition) is 7. The van der Waals surface area contributed by atoms with Gasteiger partial charge in [-0.15, -0.1) is 0 Å². The minimum atomic E-state index is -3.82. The number of carbonyl (C=O) groups excluding carboxylic acids is 1. The number of anilines is 1. The number of amides is 1. The average molecular weight is 591 g/mol. The van der Waals surface area contributed by atoms with Crippen LogP contribution in [0.4, 0.5) is 5.69 Å². The van der Waals surface area contributed by atoms with Gasteiger partial charge in [-0.2, -0.15) is 8.42 Å². The van der Waals surface area contributed by atoms with Gasteiger partial charge in [0.2, 0.25) is 5.91 Å². The van der Waals surface area contributed by atoms with Crippen LogP contribution >= 0.6 is 0 Å². The Labute approximate surface area is 249 Å². The van der Waals surface area contributed by atoms with Crippen LogP contribution in [0.5, 0.6) is 11.5 Å². The maximum Gasteiger partial charge on any atom is 0.296 e. The quantitative estimate of drug-likeness (QED) is 0.147. The first-order valence-electron chi connectivity index (χ1n) is 13.6. The van der Waals surface area contributed by atoms with Gasteiger partial charge in [-0.25, -0.2) is 0 Å². The van der Waals surface area contributed by atoms with Crippen LogP contribution in [0.25, 0.3) is 0 Å². The van der Waals surface area contributed by atoms with Crippen molar-refractivity contribution >= 4 is 21.7 Å². The highest BCUT2D eigenvalue weighted by molar-refractivity contribution is 7.86. The van der Waals surface area contributed by atoms with E-state index >= 15 is 0 Å². The lowest BCUT2D eigenvalue weighted by molar-refractivity contribution is -0.116. The minimum Gasteiger partial charge on any atom is -0.497 e. The fraction of sp³-hybridized carbons (Fsp3) is 0.273. The Hall–Kier alpha value is -4.21. The molecule has 1 heterocycles. The van der Waals surface area contributed by atoms with Crippen molar-refractivity contribution in [1.29, 1.82) is 0 Å².